The van der Waals surface area contributed by atoms with Crippen LogP contribution in [0.15, 0.2) is 35.3 Å². The minimum Gasteiger partial charge on any atom is -0.469 e. The van der Waals surface area contributed by atoms with Gasteiger partial charge in [-0.1, -0.05) is 30.3 Å². The standard InChI is InChI=1S/C22H30N2O5/c1-21(2,3)29-20(27)23-15-17(19(26)28-4)10-11-18(25)24-22(12-13-22)14-16-8-6-5-7-9-16/h5-9,15,17H,10-14H2,1-4H3,(H,24,25)/b23-15+. The van der Waals surface area contributed by atoms with E-state index in [1.54, 1.807) is 20.8 Å². The maximum absolute atomic E-state index is 12.4. The summed E-state index contributed by atoms with van der Waals surface area (Å²) < 4.78 is 9.85. The molecule has 2 amide bonds. The van der Waals surface area contributed by atoms with E-state index >= 15 is 0 Å². The van der Waals surface area contributed by atoms with Crippen molar-refractivity contribution in [3.8, 4) is 0 Å². The molecular formula is C22H30N2O5. The van der Waals surface area contributed by atoms with E-state index in [1.165, 1.54) is 18.9 Å². The van der Waals surface area contributed by atoms with Crippen molar-refractivity contribution in [2.45, 2.75) is 64.0 Å². The average molecular weight is 402 g/mol. The molecule has 7 nitrogen and oxygen atoms in total. The molecule has 2 rings (SSSR count). The molecule has 0 heterocycles. The van der Waals surface area contributed by atoms with Crippen molar-refractivity contribution >= 4 is 24.2 Å². The summed E-state index contributed by atoms with van der Waals surface area (Å²) in [5.41, 5.74) is 0.318. The van der Waals surface area contributed by atoms with Gasteiger partial charge in [0.1, 0.15) is 5.60 Å². The first-order valence-electron chi connectivity index (χ1n) is 9.82. The van der Waals surface area contributed by atoms with Gasteiger partial charge in [-0.15, -0.1) is 0 Å². The van der Waals surface area contributed by atoms with Gasteiger partial charge < -0.3 is 14.8 Å². The molecule has 0 aliphatic heterocycles. The van der Waals surface area contributed by atoms with Gasteiger partial charge in [0.25, 0.3) is 0 Å². The molecule has 0 bridgehead atoms. The van der Waals surface area contributed by atoms with Crippen molar-refractivity contribution in [2.75, 3.05) is 7.11 Å². The number of aliphatic imine (C=N–C) groups is 1. The van der Waals surface area contributed by atoms with Crippen LogP contribution in [0.5, 0.6) is 0 Å². The molecule has 1 aliphatic rings. The van der Waals surface area contributed by atoms with Gasteiger partial charge in [-0.3, -0.25) is 9.59 Å². The monoisotopic (exact) mass is 402 g/mol. The number of benzene rings is 1. The highest BCUT2D eigenvalue weighted by atomic mass is 16.6. The molecule has 29 heavy (non-hydrogen) atoms. The Kier molecular flexibility index (Phi) is 7.53. The number of hydrogen-bond acceptors (Lipinski definition) is 5. The summed E-state index contributed by atoms with van der Waals surface area (Å²) in [4.78, 5) is 39.8. The zero-order chi connectivity index (χ0) is 21.5. The summed E-state index contributed by atoms with van der Waals surface area (Å²) in [6, 6.07) is 10.0. The van der Waals surface area contributed by atoms with E-state index < -0.39 is 23.6 Å². The second kappa shape index (κ2) is 9.67. The van der Waals surface area contributed by atoms with E-state index in [9.17, 15) is 14.4 Å². The van der Waals surface area contributed by atoms with Crippen LogP contribution in [0.2, 0.25) is 0 Å². The Bertz CT molecular complexity index is 748. The SMILES string of the molecule is COC(=O)C(/C=N/C(=O)OC(C)(C)C)CCC(=O)NC1(Cc2ccccc2)CC1. The van der Waals surface area contributed by atoms with Gasteiger partial charge >= 0.3 is 12.1 Å². The highest BCUT2D eigenvalue weighted by molar-refractivity contribution is 5.94. The van der Waals surface area contributed by atoms with Gasteiger partial charge in [-0.2, -0.15) is 4.99 Å². The van der Waals surface area contributed by atoms with Crippen LogP contribution in [-0.4, -0.2) is 42.4 Å². The van der Waals surface area contributed by atoms with Gasteiger partial charge in [0, 0.05) is 18.2 Å². The number of methoxy groups -OCH3 is 1. The average Bonchev–Trinajstić information content (AvgIpc) is 3.39. The summed E-state index contributed by atoms with van der Waals surface area (Å²) in [5, 5.41) is 3.10. The van der Waals surface area contributed by atoms with Gasteiger partial charge in [0.15, 0.2) is 0 Å². The van der Waals surface area contributed by atoms with Crippen molar-refractivity contribution in [1.29, 1.82) is 0 Å². The third kappa shape index (κ3) is 8.05. The molecule has 1 atom stereocenters. The Morgan fingerprint density at radius 3 is 2.41 bits per heavy atom. The fourth-order valence-electron chi connectivity index (χ4n) is 2.97. The van der Waals surface area contributed by atoms with Crippen LogP contribution < -0.4 is 5.32 Å². The van der Waals surface area contributed by atoms with Crippen molar-refractivity contribution in [3.63, 3.8) is 0 Å². The lowest BCUT2D eigenvalue weighted by Gasteiger charge is -2.18. The lowest BCUT2D eigenvalue weighted by molar-refractivity contribution is -0.143. The van der Waals surface area contributed by atoms with Gasteiger partial charge in [0.2, 0.25) is 5.91 Å². The molecule has 158 valence electrons. The molecule has 1 unspecified atom stereocenters. The number of nitrogens with one attached hydrogen (secondary N) is 1. The number of esters is 1. The molecule has 0 radical (unpaired) electrons. The Morgan fingerprint density at radius 1 is 1.21 bits per heavy atom. The maximum atomic E-state index is 12.4. The first-order valence-corrected chi connectivity index (χ1v) is 9.82. The topological polar surface area (TPSA) is 94.1 Å². The lowest BCUT2D eigenvalue weighted by atomic mass is 10.0. The van der Waals surface area contributed by atoms with E-state index in [0.29, 0.717) is 0 Å². The molecule has 0 saturated heterocycles. The zero-order valence-corrected chi connectivity index (χ0v) is 17.6. The van der Waals surface area contributed by atoms with Crippen molar-refractivity contribution in [1.82, 2.24) is 5.32 Å². The molecule has 1 saturated carbocycles. The number of hydrogen-bond donors (Lipinski definition) is 1. The maximum Gasteiger partial charge on any atom is 0.433 e. The van der Waals surface area contributed by atoms with Crippen LogP contribution in [0.3, 0.4) is 0 Å². The van der Waals surface area contributed by atoms with Gasteiger partial charge in [0.05, 0.1) is 13.0 Å². The predicted molar refractivity (Wildman–Crippen MR) is 110 cm³/mol. The Balaban J connectivity index is 1.87. The molecular weight excluding hydrogens is 372 g/mol. The largest absolute Gasteiger partial charge is 0.469 e. The van der Waals surface area contributed by atoms with E-state index in [4.69, 9.17) is 9.47 Å². The van der Waals surface area contributed by atoms with Gasteiger partial charge in [-0.05, 0) is 52.0 Å². The highest BCUT2D eigenvalue weighted by Crippen LogP contribution is 2.38. The molecule has 1 aliphatic carbocycles. The number of carbonyl (C=O) groups excluding carboxylic acids is 3. The fraction of sp³-hybridized carbons (Fsp3) is 0.545. The van der Waals surface area contributed by atoms with Crippen LogP contribution in [0.4, 0.5) is 4.79 Å². The Morgan fingerprint density at radius 2 is 1.86 bits per heavy atom. The third-order valence-electron chi connectivity index (χ3n) is 4.58. The third-order valence-corrected chi connectivity index (χ3v) is 4.58. The number of carbonyl (C=O) groups is 3. The van der Waals surface area contributed by atoms with Crippen molar-refractivity contribution in [2.24, 2.45) is 10.9 Å². The van der Waals surface area contributed by atoms with Crippen molar-refractivity contribution in [3.05, 3.63) is 35.9 Å². The van der Waals surface area contributed by atoms with Crippen LogP contribution in [0, 0.1) is 5.92 Å². The van der Waals surface area contributed by atoms with Crippen LogP contribution in [0.25, 0.3) is 0 Å². The summed E-state index contributed by atoms with van der Waals surface area (Å²) in [6.07, 6.45) is 3.42. The molecule has 0 spiro atoms. The Hall–Kier alpha value is -2.70. The first-order chi connectivity index (χ1) is 13.6. The summed E-state index contributed by atoms with van der Waals surface area (Å²) in [5.74, 6) is -1.46. The Labute approximate surface area is 171 Å². The highest BCUT2D eigenvalue weighted by Gasteiger charge is 2.43. The normalized spacial score (nSPS) is 16.1. The summed E-state index contributed by atoms with van der Waals surface area (Å²) >= 11 is 0. The van der Waals surface area contributed by atoms with E-state index in [0.717, 1.165) is 19.3 Å². The minimum atomic E-state index is -0.789. The number of rotatable bonds is 8. The molecule has 1 aromatic rings. The summed E-state index contributed by atoms with van der Waals surface area (Å²) in [6.45, 7) is 5.18. The number of amides is 2. The second-order valence-electron chi connectivity index (χ2n) is 8.42. The quantitative estimate of drug-likeness (QED) is 0.531. The second-order valence-corrected chi connectivity index (χ2v) is 8.42. The molecule has 0 aromatic heterocycles. The van der Waals surface area contributed by atoms with Gasteiger partial charge in [-0.25, -0.2) is 4.79 Å². The number of nitrogens with zero attached hydrogens (tertiary/aromatic N) is 1. The smallest absolute Gasteiger partial charge is 0.433 e. The molecule has 1 N–H and O–H groups in total. The lowest BCUT2D eigenvalue weighted by Crippen LogP contribution is -2.38. The van der Waals surface area contributed by atoms with E-state index in [2.05, 4.69) is 10.3 Å². The molecule has 1 aromatic carbocycles. The first kappa shape index (κ1) is 22.6. The van der Waals surface area contributed by atoms with Crippen molar-refractivity contribution < 1.29 is 23.9 Å². The summed E-state index contributed by atoms with van der Waals surface area (Å²) in [7, 11) is 1.26. The minimum absolute atomic E-state index is 0.127. The number of ether oxygens (including phenoxy) is 2. The van der Waals surface area contributed by atoms with Crippen LogP contribution >= 0.6 is 0 Å². The van der Waals surface area contributed by atoms with Crippen LogP contribution in [-0.2, 0) is 25.5 Å². The van der Waals surface area contributed by atoms with Crippen LogP contribution in [0.1, 0.15) is 52.0 Å². The fourth-order valence-corrected chi connectivity index (χ4v) is 2.97. The molecule has 1 fully saturated rings. The van der Waals surface area contributed by atoms with E-state index in [1.807, 2.05) is 30.3 Å². The van der Waals surface area contributed by atoms with E-state index in [-0.39, 0.29) is 24.3 Å². The zero-order valence-electron chi connectivity index (χ0n) is 17.6. The predicted octanol–water partition coefficient (Wildman–Crippen LogP) is 3.45. The molecule has 7 heteroatoms.